The summed E-state index contributed by atoms with van der Waals surface area (Å²) in [5.74, 6) is 2.95. The van der Waals surface area contributed by atoms with Crippen LogP contribution >= 0.6 is 0 Å². The zero-order valence-corrected chi connectivity index (χ0v) is 11.2. The molecule has 0 amide bonds. The smallest absolute Gasteiger partial charge is 0.131 e. The van der Waals surface area contributed by atoms with Crippen LogP contribution in [0.15, 0.2) is 18.2 Å². The molecule has 0 saturated carbocycles. The number of benzene rings is 1. The summed E-state index contributed by atoms with van der Waals surface area (Å²) in [7, 11) is 1.54. The van der Waals surface area contributed by atoms with Crippen LogP contribution in [0.2, 0.25) is 0 Å². The summed E-state index contributed by atoms with van der Waals surface area (Å²) < 4.78 is 19.0. The largest absolute Gasteiger partial charge is 0.496 e. The molecule has 1 aromatic rings. The Balaban J connectivity index is 2.90. The van der Waals surface area contributed by atoms with Gasteiger partial charge in [0, 0.05) is 11.6 Å². The zero-order chi connectivity index (χ0) is 13.5. The number of terminal acetylenes is 1. The number of ether oxygens (including phenoxy) is 1. The third-order valence-corrected chi connectivity index (χ3v) is 2.90. The van der Waals surface area contributed by atoms with Gasteiger partial charge in [-0.25, -0.2) is 4.39 Å². The number of methoxy groups -OCH3 is 1. The molecule has 18 heavy (non-hydrogen) atoms. The van der Waals surface area contributed by atoms with Gasteiger partial charge in [-0.15, -0.1) is 6.42 Å². The molecule has 1 rings (SSSR count). The lowest BCUT2D eigenvalue weighted by molar-refractivity contribution is 0.388. The van der Waals surface area contributed by atoms with E-state index in [-0.39, 0.29) is 17.9 Å². The van der Waals surface area contributed by atoms with Crippen LogP contribution in [0, 0.1) is 18.2 Å². The van der Waals surface area contributed by atoms with E-state index in [0.29, 0.717) is 11.3 Å². The zero-order valence-electron chi connectivity index (χ0n) is 11.2. The first-order valence-electron chi connectivity index (χ1n) is 6.18. The van der Waals surface area contributed by atoms with Crippen LogP contribution in [0.1, 0.15) is 38.3 Å². The van der Waals surface area contributed by atoms with Crippen molar-refractivity contribution in [3.05, 3.63) is 29.6 Å². The van der Waals surface area contributed by atoms with E-state index in [0.717, 1.165) is 12.8 Å². The molecular weight excluding hydrogens is 229 g/mol. The molecule has 0 saturated heterocycles. The number of halogens is 1. The molecule has 98 valence electrons. The summed E-state index contributed by atoms with van der Waals surface area (Å²) >= 11 is 0. The number of nitrogens with one attached hydrogen (secondary N) is 1. The highest BCUT2D eigenvalue weighted by Gasteiger charge is 2.18. The summed E-state index contributed by atoms with van der Waals surface area (Å²) in [5.41, 5.74) is 0.524. The van der Waals surface area contributed by atoms with Crippen LogP contribution in [0.25, 0.3) is 0 Å². The minimum atomic E-state index is -0.276. The Morgan fingerprint density at radius 3 is 2.78 bits per heavy atom. The molecule has 1 aromatic carbocycles. The highest BCUT2D eigenvalue weighted by atomic mass is 19.1. The van der Waals surface area contributed by atoms with Crippen LogP contribution in [0.4, 0.5) is 4.39 Å². The van der Waals surface area contributed by atoms with Gasteiger partial charge in [0.05, 0.1) is 13.2 Å². The lowest BCUT2D eigenvalue weighted by Crippen LogP contribution is -2.30. The second kappa shape index (κ2) is 7.03. The maximum absolute atomic E-state index is 13.9. The first kappa shape index (κ1) is 14.5. The molecule has 0 aromatic heterocycles. The topological polar surface area (TPSA) is 21.3 Å². The Morgan fingerprint density at radius 2 is 2.22 bits per heavy atom. The molecule has 0 aliphatic heterocycles. The Morgan fingerprint density at radius 1 is 1.50 bits per heavy atom. The second-order valence-electron chi connectivity index (χ2n) is 4.25. The predicted octanol–water partition coefficient (Wildman–Crippen LogP) is 3.29. The molecule has 3 heteroatoms. The molecule has 0 spiro atoms. The standard InChI is InChI=1S/C15H20FNO/c1-5-8-12(6-2)17-11(3)15-13(16)9-7-10-14(15)18-4/h2,7,9-12,17H,5,8H2,1,3-4H3. The quantitative estimate of drug-likeness (QED) is 0.781. The van der Waals surface area contributed by atoms with Gasteiger partial charge >= 0.3 is 0 Å². The lowest BCUT2D eigenvalue weighted by Gasteiger charge is -2.21. The van der Waals surface area contributed by atoms with Crippen LogP contribution < -0.4 is 10.1 Å². The third kappa shape index (κ3) is 3.48. The molecule has 0 bridgehead atoms. The Labute approximate surface area is 109 Å². The molecule has 0 fully saturated rings. The predicted molar refractivity (Wildman–Crippen MR) is 72.0 cm³/mol. The fourth-order valence-electron chi connectivity index (χ4n) is 2.00. The lowest BCUT2D eigenvalue weighted by atomic mass is 10.0. The average molecular weight is 249 g/mol. The normalized spacial score (nSPS) is 13.7. The van der Waals surface area contributed by atoms with E-state index in [1.807, 2.05) is 6.92 Å². The van der Waals surface area contributed by atoms with Crippen molar-refractivity contribution in [1.29, 1.82) is 0 Å². The minimum Gasteiger partial charge on any atom is -0.496 e. The molecule has 2 atom stereocenters. The van der Waals surface area contributed by atoms with Gasteiger partial charge in [0.2, 0.25) is 0 Å². The van der Waals surface area contributed by atoms with Crippen molar-refractivity contribution in [3.8, 4) is 18.1 Å². The van der Waals surface area contributed by atoms with Gasteiger partial charge in [0.15, 0.2) is 0 Å². The molecular formula is C15H20FNO. The van der Waals surface area contributed by atoms with Crippen molar-refractivity contribution >= 4 is 0 Å². The van der Waals surface area contributed by atoms with Crippen LogP contribution in [0.5, 0.6) is 5.75 Å². The fraction of sp³-hybridized carbons (Fsp3) is 0.467. The Kier molecular flexibility index (Phi) is 5.67. The van der Waals surface area contributed by atoms with Crippen molar-refractivity contribution in [3.63, 3.8) is 0 Å². The third-order valence-electron chi connectivity index (χ3n) is 2.90. The van der Waals surface area contributed by atoms with Gasteiger partial charge in [-0.2, -0.15) is 0 Å². The van der Waals surface area contributed by atoms with E-state index in [1.165, 1.54) is 13.2 Å². The van der Waals surface area contributed by atoms with Gasteiger partial charge < -0.3 is 4.74 Å². The summed E-state index contributed by atoms with van der Waals surface area (Å²) in [6.07, 6.45) is 7.32. The van der Waals surface area contributed by atoms with E-state index in [9.17, 15) is 4.39 Å². The maximum atomic E-state index is 13.9. The molecule has 0 aliphatic carbocycles. The number of hydrogen-bond donors (Lipinski definition) is 1. The van der Waals surface area contributed by atoms with Crippen molar-refractivity contribution in [1.82, 2.24) is 5.32 Å². The highest BCUT2D eigenvalue weighted by Crippen LogP contribution is 2.28. The highest BCUT2D eigenvalue weighted by molar-refractivity contribution is 5.37. The molecule has 0 radical (unpaired) electrons. The van der Waals surface area contributed by atoms with E-state index in [2.05, 4.69) is 18.2 Å². The first-order chi connectivity index (χ1) is 8.63. The Bertz CT molecular complexity index is 425. The van der Waals surface area contributed by atoms with Crippen molar-refractivity contribution in [2.75, 3.05) is 7.11 Å². The summed E-state index contributed by atoms with van der Waals surface area (Å²) in [4.78, 5) is 0. The van der Waals surface area contributed by atoms with Crippen molar-refractivity contribution < 1.29 is 9.13 Å². The van der Waals surface area contributed by atoms with E-state index in [4.69, 9.17) is 11.2 Å². The van der Waals surface area contributed by atoms with Gasteiger partial charge in [0.1, 0.15) is 11.6 Å². The maximum Gasteiger partial charge on any atom is 0.131 e. The van der Waals surface area contributed by atoms with Gasteiger partial charge in [-0.1, -0.05) is 25.3 Å². The second-order valence-corrected chi connectivity index (χ2v) is 4.25. The number of rotatable bonds is 6. The van der Waals surface area contributed by atoms with E-state index in [1.54, 1.807) is 12.1 Å². The molecule has 0 aliphatic rings. The first-order valence-corrected chi connectivity index (χ1v) is 6.18. The molecule has 2 unspecified atom stereocenters. The molecule has 0 heterocycles. The van der Waals surface area contributed by atoms with Crippen LogP contribution in [0.3, 0.4) is 0 Å². The molecule has 1 N–H and O–H groups in total. The van der Waals surface area contributed by atoms with Gasteiger partial charge in [-0.05, 0) is 25.5 Å². The van der Waals surface area contributed by atoms with Crippen LogP contribution in [-0.4, -0.2) is 13.2 Å². The van der Waals surface area contributed by atoms with Gasteiger partial charge in [0.25, 0.3) is 0 Å². The SMILES string of the molecule is C#CC(CCC)NC(C)c1c(F)cccc1OC. The van der Waals surface area contributed by atoms with Crippen molar-refractivity contribution in [2.24, 2.45) is 0 Å². The van der Waals surface area contributed by atoms with E-state index < -0.39 is 0 Å². The average Bonchev–Trinajstić information content (AvgIpc) is 2.37. The fourth-order valence-corrected chi connectivity index (χ4v) is 2.00. The van der Waals surface area contributed by atoms with Crippen molar-refractivity contribution in [2.45, 2.75) is 38.8 Å². The monoisotopic (exact) mass is 249 g/mol. The molecule has 2 nitrogen and oxygen atoms in total. The summed E-state index contributed by atoms with van der Waals surface area (Å²) in [6.45, 7) is 3.96. The van der Waals surface area contributed by atoms with Gasteiger partial charge in [-0.3, -0.25) is 5.32 Å². The summed E-state index contributed by atoms with van der Waals surface area (Å²) in [6, 6.07) is 4.58. The minimum absolute atomic E-state index is 0.0469. The Hall–Kier alpha value is -1.53. The number of hydrogen-bond acceptors (Lipinski definition) is 2. The van der Waals surface area contributed by atoms with E-state index >= 15 is 0 Å². The summed E-state index contributed by atoms with van der Waals surface area (Å²) in [5, 5.41) is 3.24. The van der Waals surface area contributed by atoms with Crippen LogP contribution in [-0.2, 0) is 0 Å².